The zero-order valence-electron chi connectivity index (χ0n) is 19.3. The van der Waals surface area contributed by atoms with Crippen LogP contribution in [0.25, 0.3) is 22.2 Å². The number of halogens is 1. The van der Waals surface area contributed by atoms with Gasteiger partial charge in [0.2, 0.25) is 0 Å². The fourth-order valence-electron chi connectivity index (χ4n) is 4.06. The molecule has 0 aliphatic rings. The Hall–Kier alpha value is -4.06. The van der Waals surface area contributed by atoms with Crippen LogP contribution in [0.3, 0.4) is 0 Å². The molecule has 0 spiro atoms. The van der Waals surface area contributed by atoms with Crippen LogP contribution in [0, 0.1) is 5.82 Å². The Balaban J connectivity index is 1.52. The summed E-state index contributed by atoms with van der Waals surface area (Å²) in [5.41, 5.74) is 5.21. The summed E-state index contributed by atoms with van der Waals surface area (Å²) in [5, 5.41) is 12.7. The standard InChI is InChI=1S/C29H27FN2O3/c30-25-13-10-20(11-14-25)16-17-31-29(35)23-12-15-26-24(19-23)18-22(8-4-5-9-27(33)34)28(32-26)21-6-2-1-3-7-21/h1-3,6-7,10-15,18-19H,4-5,8-9,16-17H2,(H,31,35)(H,33,34). The minimum atomic E-state index is -0.792. The van der Waals surface area contributed by atoms with E-state index in [1.165, 1.54) is 12.1 Å². The summed E-state index contributed by atoms with van der Waals surface area (Å²) in [6, 6.07) is 23.7. The second-order valence-electron chi connectivity index (χ2n) is 8.50. The van der Waals surface area contributed by atoms with Crippen LogP contribution in [0.1, 0.15) is 40.7 Å². The minimum Gasteiger partial charge on any atom is -0.481 e. The molecule has 6 heteroatoms. The normalized spacial score (nSPS) is 10.9. The summed E-state index contributed by atoms with van der Waals surface area (Å²) in [7, 11) is 0. The molecule has 0 bridgehead atoms. The molecular formula is C29H27FN2O3. The van der Waals surface area contributed by atoms with E-state index >= 15 is 0 Å². The van der Waals surface area contributed by atoms with Crippen molar-refractivity contribution in [1.29, 1.82) is 0 Å². The van der Waals surface area contributed by atoms with Gasteiger partial charge >= 0.3 is 5.97 Å². The second-order valence-corrected chi connectivity index (χ2v) is 8.50. The second kappa shape index (κ2) is 11.4. The minimum absolute atomic E-state index is 0.143. The Morgan fingerprint density at radius 1 is 0.886 bits per heavy atom. The number of pyridine rings is 1. The quantitative estimate of drug-likeness (QED) is 0.287. The van der Waals surface area contributed by atoms with Gasteiger partial charge in [0.05, 0.1) is 11.2 Å². The van der Waals surface area contributed by atoms with Gasteiger partial charge in [-0.15, -0.1) is 0 Å². The van der Waals surface area contributed by atoms with E-state index in [1.807, 2.05) is 42.5 Å². The molecule has 0 aliphatic heterocycles. The number of carboxylic acids is 1. The third kappa shape index (κ3) is 6.51. The molecular weight excluding hydrogens is 443 g/mol. The molecule has 0 fully saturated rings. The van der Waals surface area contributed by atoms with E-state index < -0.39 is 5.97 Å². The van der Waals surface area contributed by atoms with E-state index in [9.17, 15) is 14.0 Å². The van der Waals surface area contributed by atoms with E-state index in [-0.39, 0.29) is 18.1 Å². The zero-order valence-corrected chi connectivity index (χ0v) is 19.3. The number of carbonyl (C=O) groups excluding carboxylic acids is 1. The van der Waals surface area contributed by atoms with Crippen molar-refractivity contribution < 1.29 is 19.1 Å². The Labute approximate surface area is 203 Å². The van der Waals surface area contributed by atoms with Crippen LogP contribution in [0.4, 0.5) is 4.39 Å². The summed E-state index contributed by atoms with van der Waals surface area (Å²) in [5.74, 6) is -1.25. The molecule has 3 aromatic carbocycles. The van der Waals surface area contributed by atoms with Crippen molar-refractivity contribution in [3.8, 4) is 11.3 Å². The lowest BCUT2D eigenvalue weighted by Gasteiger charge is -2.12. The van der Waals surface area contributed by atoms with Crippen molar-refractivity contribution in [1.82, 2.24) is 10.3 Å². The summed E-state index contributed by atoms with van der Waals surface area (Å²) in [4.78, 5) is 28.5. The lowest BCUT2D eigenvalue weighted by atomic mass is 9.98. The van der Waals surface area contributed by atoms with Gasteiger partial charge < -0.3 is 10.4 Å². The Morgan fingerprint density at radius 2 is 1.66 bits per heavy atom. The lowest BCUT2D eigenvalue weighted by molar-refractivity contribution is -0.137. The average Bonchev–Trinajstić information content (AvgIpc) is 2.87. The van der Waals surface area contributed by atoms with E-state index in [4.69, 9.17) is 10.1 Å². The van der Waals surface area contributed by atoms with Gasteiger partial charge in [0.1, 0.15) is 5.82 Å². The van der Waals surface area contributed by atoms with Crippen molar-refractivity contribution in [3.63, 3.8) is 0 Å². The van der Waals surface area contributed by atoms with Gasteiger partial charge in [0, 0.05) is 29.5 Å². The van der Waals surface area contributed by atoms with Crippen molar-refractivity contribution >= 4 is 22.8 Å². The van der Waals surface area contributed by atoms with Gasteiger partial charge in [0.15, 0.2) is 0 Å². The molecule has 1 amide bonds. The van der Waals surface area contributed by atoms with Crippen molar-refractivity contribution in [2.24, 2.45) is 0 Å². The van der Waals surface area contributed by atoms with E-state index in [0.29, 0.717) is 31.4 Å². The molecule has 0 atom stereocenters. The summed E-state index contributed by atoms with van der Waals surface area (Å²) in [6.45, 7) is 0.447. The van der Waals surface area contributed by atoms with Gasteiger partial charge in [-0.3, -0.25) is 9.59 Å². The van der Waals surface area contributed by atoms with Crippen molar-refractivity contribution in [3.05, 3.63) is 101 Å². The van der Waals surface area contributed by atoms with E-state index in [0.717, 1.165) is 39.7 Å². The number of unbranched alkanes of at least 4 members (excludes halogenated alkanes) is 1. The molecule has 1 heterocycles. The van der Waals surface area contributed by atoms with Crippen LogP contribution >= 0.6 is 0 Å². The number of carboxylic acid groups (broad SMARTS) is 1. The first-order valence-electron chi connectivity index (χ1n) is 11.7. The number of aliphatic carboxylic acids is 1. The number of amides is 1. The molecule has 5 nitrogen and oxygen atoms in total. The number of aryl methyl sites for hydroxylation is 1. The molecule has 2 N–H and O–H groups in total. The molecule has 35 heavy (non-hydrogen) atoms. The average molecular weight is 471 g/mol. The number of nitrogens with one attached hydrogen (secondary N) is 1. The highest BCUT2D eigenvalue weighted by atomic mass is 19.1. The number of rotatable bonds is 10. The first-order valence-corrected chi connectivity index (χ1v) is 11.7. The zero-order chi connectivity index (χ0) is 24.6. The molecule has 0 radical (unpaired) electrons. The third-order valence-electron chi connectivity index (χ3n) is 5.90. The predicted molar refractivity (Wildman–Crippen MR) is 135 cm³/mol. The molecule has 178 valence electrons. The van der Waals surface area contributed by atoms with Gasteiger partial charge in [0.25, 0.3) is 5.91 Å². The first kappa shape index (κ1) is 24.1. The van der Waals surface area contributed by atoms with Crippen molar-refractivity contribution in [2.75, 3.05) is 6.54 Å². The lowest BCUT2D eigenvalue weighted by Crippen LogP contribution is -2.25. The molecule has 4 rings (SSSR count). The Morgan fingerprint density at radius 3 is 2.40 bits per heavy atom. The number of benzene rings is 3. The van der Waals surface area contributed by atoms with Gasteiger partial charge in [-0.2, -0.15) is 0 Å². The fraction of sp³-hybridized carbons (Fsp3) is 0.207. The van der Waals surface area contributed by atoms with Crippen molar-refractivity contribution in [2.45, 2.75) is 32.1 Å². The third-order valence-corrected chi connectivity index (χ3v) is 5.90. The Bertz CT molecular complexity index is 1320. The van der Waals surface area contributed by atoms with Gasteiger partial charge in [-0.1, -0.05) is 42.5 Å². The van der Waals surface area contributed by atoms with E-state index in [1.54, 1.807) is 18.2 Å². The SMILES string of the molecule is O=C(O)CCCCc1cc2cc(C(=O)NCCc3ccc(F)cc3)ccc2nc1-c1ccccc1. The number of hydrogen-bond acceptors (Lipinski definition) is 3. The fourth-order valence-corrected chi connectivity index (χ4v) is 4.06. The van der Waals surface area contributed by atoms with Crippen LogP contribution in [-0.2, 0) is 17.6 Å². The van der Waals surface area contributed by atoms with Crippen LogP contribution in [0.15, 0.2) is 78.9 Å². The molecule has 0 saturated heterocycles. The highest BCUT2D eigenvalue weighted by molar-refractivity contribution is 5.98. The summed E-state index contributed by atoms with van der Waals surface area (Å²) >= 11 is 0. The maximum atomic E-state index is 13.1. The maximum Gasteiger partial charge on any atom is 0.303 e. The van der Waals surface area contributed by atoms with Gasteiger partial charge in [-0.25, -0.2) is 9.37 Å². The van der Waals surface area contributed by atoms with Crippen LogP contribution < -0.4 is 5.32 Å². The summed E-state index contributed by atoms with van der Waals surface area (Å²) in [6.07, 6.45) is 2.79. The topological polar surface area (TPSA) is 79.3 Å². The molecule has 4 aromatic rings. The Kier molecular flexibility index (Phi) is 7.83. The number of aromatic nitrogens is 1. The van der Waals surface area contributed by atoms with Crippen LogP contribution in [0.2, 0.25) is 0 Å². The maximum absolute atomic E-state index is 13.1. The van der Waals surface area contributed by atoms with E-state index in [2.05, 4.69) is 11.4 Å². The highest BCUT2D eigenvalue weighted by Crippen LogP contribution is 2.27. The summed E-state index contributed by atoms with van der Waals surface area (Å²) < 4.78 is 13.1. The predicted octanol–water partition coefficient (Wildman–Crippen LogP) is 5.81. The molecule has 0 aliphatic carbocycles. The monoisotopic (exact) mass is 470 g/mol. The molecule has 0 unspecified atom stereocenters. The number of hydrogen-bond donors (Lipinski definition) is 2. The van der Waals surface area contributed by atoms with Crippen LogP contribution in [-0.4, -0.2) is 28.5 Å². The number of nitrogens with zero attached hydrogens (tertiary/aromatic N) is 1. The van der Waals surface area contributed by atoms with Crippen LogP contribution in [0.5, 0.6) is 0 Å². The molecule has 0 saturated carbocycles. The highest BCUT2D eigenvalue weighted by Gasteiger charge is 2.12. The smallest absolute Gasteiger partial charge is 0.303 e. The first-order chi connectivity index (χ1) is 17.0. The number of carbonyl (C=O) groups is 2. The largest absolute Gasteiger partial charge is 0.481 e. The molecule has 1 aromatic heterocycles. The van der Waals surface area contributed by atoms with Gasteiger partial charge in [-0.05, 0) is 73.2 Å². The number of fused-ring (bicyclic) bond motifs is 1.